The lowest BCUT2D eigenvalue weighted by atomic mass is 10.1. The van der Waals surface area contributed by atoms with Crippen LogP contribution in [0.5, 0.6) is 5.75 Å². The van der Waals surface area contributed by atoms with E-state index in [-0.39, 0.29) is 0 Å². The van der Waals surface area contributed by atoms with Crippen molar-refractivity contribution in [3.63, 3.8) is 0 Å². The van der Waals surface area contributed by atoms with Crippen LogP contribution in [-0.4, -0.2) is 19.7 Å². The van der Waals surface area contributed by atoms with Crippen molar-refractivity contribution in [3.8, 4) is 5.75 Å². The summed E-state index contributed by atoms with van der Waals surface area (Å²) < 4.78 is 5.74. The normalized spacial score (nSPS) is 13.3. The molecule has 5 heteroatoms. The summed E-state index contributed by atoms with van der Waals surface area (Å²) in [4.78, 5) is 2.25. The Morgan fingerprint density at radius 1 is 1.10 bits per heavy atom. The molecule has 0 radical (unpaired) electrons. The van der Waals surface area contributed by atoms with E-state index < -0.39 is 0 Å². The van der Waals surface area contributed by atoms with Gasteiger partial charge >= 0.3 is 0 Å². The van der Waals surface area contributed by atoms with Crippen LogP contribution in [0.1, 0.15) is 5.56 Å². The third-order valence-electron chi connectivity index (χ3n) is 3.64. The van der Waals surface area contributed by atoms with Gasteiger partial charge in [-0.3, -0.25) is 0 Å². The van der Waals surface area contributed by atoms with Crippen molar-refractivity contribution in [1.82, 2.24) is 0 Å². The molecule has 110 valence electrons. The molecule has 0 aromatic heterocycles. The summed E-state index contributed by atoms with van der Waals surface area (Å²) in [7, 11) is 0. The standard InChI is InChI=1S/C16H16Cl2N2O/c17-12-4-2-5-13(18)16(12)21-10-9-20-8-7-11-3-1-6-14(19)15(11)20/h1-6H,7-10,19H2. The van der Waals surface area contributed by atoms with Crippen molar-refractivity contribution >= 4 is 34.6 Å². The first-order chi connectivity index (χ1) is 10.2. The highest BCUT2D eigenvalue weighted by atomic mass is 35.5. The number of benzene rings is 2. The lowest BCUT2D eigenvalue weighted by Gasteiger charge is -2.21. The van der Waals surface area contributed by atoms with Crippen molar-refractivity contribution < 1.29 is 4.74 Å². The maximum atomic E-state index is 6.09. The number of nitrogens with two attached hydrogens (primary N) is 1. The zero-order chi connectivity index (χ0) is 14.8. The van der Waals surface area contributed by atoms with Gasteiger partial charge in [0.25, 0.3) is 0 Å². The number of fused-ring (bicyclic) bond motifs is 1. The van der Waals surface area contributed by atoms with E-state index >= 15 is 0 Å². The van der Waals surface area contributed by atoms with Crippen molar-refractivity contribution in [3.05, 3.63) is 52.0 Å². The van der Waals surface area contributed by atoms with Crippen LogP contribution in [0.15, 0.2) is 36.4 Å². The summed E-state index contributed by atoms with van der Waals surface area (Å²) >= 11 is 12.2. The minimum Gasteiger partial charge on any atom is -0.489 e. The average Bonchev–Trinajstić information content (AvgIpc) is 2.87. The minimum atomic E-state index is 0.511. The molecular formula is C16H16Cl2N2O. The molecular weight excluding hydrogens is 307 g/mol. The van der Waals surface area contributed by atoms with E-state index in [1.807, 2.05) is 12.1 Å². The number of hydrogen-bond donors (Lipinski definition) is 1. The largest absolute Gasteiger partial charge is 0.489 e. The number of ether oxygens (including phenoxy) is 1. The quantitative estimate of drug-likeness (QED) is 0.864. The summed E-state index contributed by atoms with van der Waals surface area (Å²) in [6.45, 7) is 2.23. The molecule has 0 amide bonds. The maximum Gasteiger partial charge on any atom is 0.156 e. The second kappa shape index (κ2) is 6.04. The van der Waals surface area contributed by atoms with E-state index in [0.717, 1.165) is 30.9 Å². The Balaban J connectivity index is 1.66. The van der Waals surface area contributed by atoms with Crippen LogP contribution in [0.3, 0.4) is 0 Å². The lowest BCUT2D eigenvalue weighted by Crippen LogP contribution is -2.27. The number of anilines is 2. The zero-order valence-electron chi connectivity index (χ0n) is 11.5. The number of nitrogens with zero attached hydrogens (tertiary/aromatic N) is 1. The zero-order valence-corrected chi connectivity index (χ0v) is 13.0. The van der Waals surface area contributed by atoms with Gasteiger partial charge in [0.05, 0.1) is 28.0 Å². The van der Waals surface area contributed by atoms with Gasteiger partial charge in [0.15, 0.2) is 5.75 Å². The predicted molar refractivity (Wildman–Crippen MR) is 88.7 cm³/mol. The van der Waals surface area contributed by atoms with Gasteiger partial charge < -0.3 is 15.4 Å². The highest BCUT2D eigenvalue weighted by Crippen LogP contribution is 2.34. The summed E-state index contributed by atoms with van der Waals surface area (Å²) in [6.07, 6.45) is 1.02. The Kier molecular flexibility index (Phi) is 4.13. The fourth-order valence-electron chi connectivity index (χ4n) is 2.67. The molecule has 2 N–H and O–H groups in total. The van der Waals surface area contributed by atoms with E-state index in [1.165, 1.54) is 5.56 Å². The Bertz CT molecular complexity index is 640. The molecule has 2 aromatic rings. The van der Waals surface area contributed by atoms with E-state index in [4.69, 9.17) is 33.7 Å². The third kappa shape index (κ3) is 2.89. The van der Waals surface area contributed by atoms with Crippen molar-refractivity contribution in [1.29, 1.82) is 0 Å². The molecule has 0 aliphatic carbocycles. The first-order valence-corrected chi connectivity index (χ1v) is 7.61. The molecule has 1 heterocycles. The van der Waals surface area contributed by atoms with Gasteiger partial charge in [0.2, 0.25) is 0 Å². The van der Waals surface area contributed by atoms with Gasteiger partial charge in [-0.2, -0.15) is 0 Å². The number of rotatable bonds is 4. The van der Waals surface area contributed by atoms with Crippen LogP contribution in [0.4, 0.5) is 11.4 Å². The second-order valence-electron chi connectivity index (χ2n) is 4.99. The fourth-order valence-corrected chi connectivity index (χ4v) is 3.17. The molecule has 21 heavy (non-hydrogen) atoms. The van der Waals surface area contributed by atoms with Gasteiger partial charge in [-0.25, -0.2) is 0 Å². The molecule has 0 saturated heterocycles. The molecule has 3 rings (SSSR count). The molecule has 0 unspecified atom stereocenters. The van der Waals surface area contributed by atoms with Gasteiger partial charge in [-0.05, 0) is 30.2 Å². The summed E-state index contributed by atoms with van der Waals surface area (Å²) in [5.74, 6) is 0.543. The van der Waals surface area contributed by atoms with E-state index in [1.54, 1.807) is 18.2 Å². The van der Waals surface area contributed by atoms with Gasteiger partial charge in [-0.15, -0.1) is 0 Å². The number of nitrogen functional groups attached to an aromatic ring is 1. The van der Waals surface area contributed by atoms with E-state index in [9.17, 15) is 0 Å². The Labute approximate surface area is 134 Å². The summed E-state index contributed by atoms with van der Waals surface area (Å²) in [5.41, 5.74) is 9.32. The Hall–Kier alpha value is -1.58. The second-order valence-corrected chi connectivity index (χ2v) is 5.81. The van der Waals surface area contributed by atoms with Gasteiger partial charge in [0, 0.05) is 6.54 Å². The molecule has 0 saturated carbocycles. The first kappa shape index (κ1) is 14.4. The molecule has 2 aromatic carbocycles. The highest BCUT2D eigenvalue weighted by Gasteiger charge is 2.21. The van der Waals surface area contributed by atoms with Crippen molar-refractivity contribution in [2.45, 2.75) is 6.42 Å². The molecule has 0 spiro atoms. The molecule has 3 nitrogen and oxygen atoms in total. The topological polar surface area (TPSA) is 38.5 Å². The van der Waals surface area contributed by atoms with Crippen LogP contribution in [-0.2, 0) is 6.42 Å². The summed E-state index contributed by atoms with van der Waals surface area (Å²) in [6, 6.07) is 11.4. The Morgan fingerprint density at radius 2 is 1.81 bits per heavy atom. The minimum absolute atomic E-state index is 0.511. The molecule has 0 fully saturated rings. The molecule has 0 atom stereocenters. The molecule has 1 aliphatic heterocycles. The summed E-state index contributed by atoms with van der Waals surface area (Å²) in [5, 5.41) is 1.06. The Morgan fingerprint density at radius 3 is 2.57 bits per heavy atom. The first-order valence-electron chi connectivity index (χ1n) is 6.86. The fraction of sp³-hybridized carbons (Fsp3) is 0.250. The van der Waals surface area contributed by atoms with Crippen molar-refractivity contribution in [2.24, 2.45) is 0 Å². The van der Waals surface area contributed by atoms with Gasteiger partial charge in [-0.1, -0.05) is 41.4 Å². The average molecular weight is 323 g/mol. The monoisotopic (exact) mass is 322 g/mol. The predicted octanol–water partition coefficient (Wildman–Crippen LogP) is 4.02. The molecule has 1 aliphatic rings. The van der Waals surface area contributed by atoms with Crippen LogP contribution in [0.2, 0.25) is 10.0 Å². The van der Waals surface area contributed by atoms with E-state index in [2.05, 4.69) is 11.0 Å². The van der Waals surface area contributed by atoms with Crippen LogP contribution >= 0.6 is 23.2 Å². The highest BCUT2D eigenvalue weighted by molar-refractivity contribution is 6.37. The van der Waals surface area contributed by atoms with Crippen molar-refractivity contribution in [2.75, 3.05) is 30.3 Å². The van der Waals surface area contributed by atoms with E-state index in [0.29, 0.717) is 22.4 Å². The number of hydrogen-bond acceptors (Lipinski definition) is 3. The lowest BCUT2D eigenvalue weighted by molar-refractivity contribution is 0.325. The van der Waals surface area contributed by atoms with Crippen LogP contribution in [0.25, 0.3) is 0 Å². The SMILES string of the molecule is Nc1cccc2c1N(CCOc1c(Cl)cccc1Cl)CC2. The van der Waals surface area contributed by atoms with Crippen LogP contribution in [0, 0.1) is 0 Å². The van der Waals surface area contributed by atoms with Crippen LogP contribution < -0.4 is 15.4 Å². The number of para-hydroxylation sites is 2. The number of halogens is 2. The van der Waals surface area contributed by atoms with Gasteiger partial charge in [0.1, 0.15) is 6.61 Å². The third-order valence-corrected chi connectivity index (χ3v) is 4.24. The smallest absolute Gasteiger partial charge is 0.156 e. The molecule has 0 bridgehead atoms. The maximum absolute atomic E-state index is 6.09.